The minimum atomic E-state index is -4.19. The molecule has 0 saturated heterocycles. The Morgan fingerprint density at radius 2 is 1.37 bits per heavy atom. The highest BCUT2D eigenvalue weighted by Gasteiger charge is 2.25. The Morgan fingerprint density at radius 3 is 1.94 bits per heavy atom. The van der Waals surface area contributed by atoms with Crippen LogP contribution < -0.4 is 10.0 Å². The molecule has 35 heavy (non-hydrogen) atoms. The molecule has 0 bridgehead atoms. The van der Waals surface area contributed by atoms with E-state index in [0.717, 1.165) is 24.3 Å². The molecular formula is C26H19BrF2N2O3S. The summed E-state index contributed by atoms with van der Waals surface area (Å²) in [6, 6.07) is 24.1. The largest absolute Gasteiger partial charge is 0.319 e. The fourth-order valence-electron chi connectivity index (χ4n) is 3.47. The monoisotopic (exact) mass is 556 g/mol. The molecule has 0 saturated carbocycles. The van der Waals surface area contributed by atoms with E-state index in [4.69, 9.17) is 0 Å². The minimum Gasteiger partial charge on any atom is -0.319 e. The maximum Gasteiger partial charge on any atom is 0.258 e. The van der Waals surface area contributed by atoms with Gasteiger partial charge in [0.25, 0.3) is 5.91 Å². The lowest BCUT2D eigenvalue weighted by Crippen LogP contribution is -2.30. The SMILES string of the molecule is O=C(Nc1ccc(Br)cc1F)c1cc(S(=O)(=O)NC(c2ccccc2)c2ccccc2)ccc1F. The Labute approximate surface area is 210 Å². The van der Waals surface area contributed by atoms with E-state index in [1.807, 2.05) is 12.1 Å². The van der Waals surface area contributed by atoms with Crippen LogP contribution in [0.25, 0.3) is 0 Å². The van der Waals surface area contributed by atoms with Crippen LogP contribution in [0.3, 0.4) is 0 Å². The summed E-state index contributed by atoms with van der Waals surface area (Å²) < 4.78 is 58.3. The third-order valence-corrected chi connectivity index (χ3v) is 7.12. The molecule has 0 radical (unpaired) electrons. The van der Waals surface area contributed by atoms with Gasteiger partial charge in [0.2, 0.25) is 10.0 Å². The minimum absolute atomic E-state index is 0.169. The van der Waals surface area contributed by atoms with Crippen LogP contribution in [0.4, 0.5) is 14.5 Å². The molecule has 178 valence electrons. The molecule has 4 aromatic carbocycles. The molecule has 0 heterocycles. The fourth-order valence-corrected chi connectivity index (χ4v) is 5.04. The Kier molecular flexibility index (Phi) is 7.39. The zero-order chi connectivity index (χ0) is 25.0. The molecule has 4 aromatic rings. The number of hydrogen-bond acceptors (Lipinski definition) is 3. The first-order valence-electron chi connectivity index (χ1n) is 10.4. The van der Waals surface area contributed by atoms with E-state index in [9.17, 15) is 22.0 Å². The standard InChI is InChI=1S/C26H19BrF2N2O3S/c27-19-11-14-24(23(29)15-19)30-26(32)21-16-20(12-13-22(21)28)35(33,34)31-25(17-7-3-1-4-8-17)18-9-5-2-6-10-18/h1-16,25,31H,(H,30,32). The second-order valence-electron chi connectivity index (χ2n) is 7.60. The predicted molar refractivity (Wildman–Crippen MR) is 134 cm³/mol. The van der Waals surface area contributed by atoms with E-state index < -0.39 is 39.2 Å². The molecular weight excluding hydrogens is 538 g/mol. The highest BCUT2D eigenvalue weighted by molar-refractivity contribution is 9.10. The fraction of sp³-hybridized carbons (Fsp3) is 0.0385. The number of nitrogens with one attached hydrogen (secondary N) is 2. The zero-order valence-corrected chi connectivity index (χ0v) is 20.5. The molecule has 5 nitrogen and oxygen atoms in total. The van der Waals surface area contributed by atoms with E-state index >= 15 is 0 Å². The van der Waals surface area contributed by atoms with Gasteiger partial charge in [-0.3, -0.25) is 4.79 Å². The molecule has 0 aliphatic carbocycles. The molecule has 0 aromatic heterocycles. The van der Waals surface area contributed by atoms with E-state index in [1.165, 1.54) is 12.1 Å². The maximum absolute atomic E-state index is 14.5. The van der Waals surface area contributed by atoms with Crippen molar-refractivity contribution in [1.29, 1.82) is 0 Å². The number of sulfonamides is 1. The Balaban J connectivity index is 1.66. The van der Waals surface area contributed by atoms with Crippen LogP contribution in [0, 0.1) is 11.6 Å². The molecule has 0 fully saturated rings. The normalized spacial score (nSPS) is 11.4. The van der Waals surface area contributed by atoms with Gasteiger partial charge in [-0.1, -0.05) is 76.6 Å². The van der Waals surface area contributed by atoms with E-state index in [-0.39, 0.29) is 10.6 Å². The summed E-state index contributed by atoms with van der Waals surface area (Å²) in [4.78, 5) is 12.4. The van der Waals surface area contributed by atoms with Crippen molar-refractivity contribution < 1.29 is 22.0 Å². The Hall–Kier alpha value is -3.40. The van der Waals surface area contributed by atoms with Crippen molar-refractivity contribution in [2.45, 2.75) is 10.9 Å². The van der Waals surface area contributed by atoms with Crippen LogP contribution in [-0.2, 0) is 10.0 Å². The molecule has 0 unspecified atom stereocenters. The molecule has 0 aliphatic rings. The van der Waals surface area contributed by atoms with Crippen molar-refractivity contribution in [3.05, 3.63) is 130 Å². The molecule has 0 atom stereocenters. The van der Waals surface area contributed by atoms with Crippen LogP contribution in [0.5, 0.6) is 0 Å². The Morgan fingerprint density at radius 1 is 0.771 bits per heavy atom. The van der Waals surface area contributed by atoms with E-state index in [2.05, 4.69) is 26.0 Å². The number of benzene rings is 4. The summed E-state index contributed by atoms with van der Waals surface area (Å²) in [7, 11) is -4.19. The molecule has 4 rings (SSSR count). The lowest BCUT2D eigenvalue weighted by Gasteiger charge is -2.20. The summed E-state index contributed by atoms with van der Waals surface area (Å²) in [5.41, 5.74) is 0.699. The van der Waals surface area contributed by atoms with Crippen molar-refractivity contribution in [2.75, 3.05) is 5.32 Å². The average Bonchev–Trinajstić information content (AvgIpc) is 2.85. The van der Waals surface area contributed by atoms with Gasteiger partial charge in [0.15, 0.2) is 0 Å². The van der Waals surface area contributed by atoms with Crippen molar-refractivity contribution in [3.63, 3.8) is 0 Å². The summed E-state index contributed by atoms with van der Waals surface area (Å²) >= 11 is 3.12. The number of hydrogen-bond donors (Lipinski definition) is 2. The number of anilines is 1. The van der Waals surface area contributed by atoms with Crippen LogP contribution >= 0.6 is 15.9 Å². The summed E-state index contributed by atoms with van der Waals surface area (Å²) in [6.07, 6.45) is 0. The number of carbonyl (C=O) groups excluding carboxylic acids is 1. The van der Waals surface area contributed by atoms with E-state index in [1.54, 1.807) is 48.5 Å². The summed E-state index contributed by atoms with van der Waals surface area (Å²) in [5.74, 6) is -2.66. The van der Waals surface area contributed by atoms with Gasteiger partial charge in [-0.2, -0.15) is 4.72 Å². The number of amides is 1. The number of halogens is 3. The van der Waals surface area contributed by atoms with Crippen LogP contribution in [0.15, 0.2) is 106 Å². The molecule has 2 N–H and O–H groups in total. The van der Waals surface area contributed by atoms with Crippen LogP contribution in [0.2, 0.25) is 0 Å². The number of carbonyl (C=O) groups is 1. The molecule has 9 heteroatoms. The second kappa shape index (κ2) is 10.5. The first-order valence-corrected chi connectivity index (χ1v) is 12.7. The van der Waals surface area contributed by atoms with E-state index in [0.29, 0.717) is 15.6 Å². The van der Waals surface area contributed by atoms with Gasteiger partial charge in [-0.15, -0.1) is 0 Å². The zero-order valence-electron chi connectivity index (χ0n) is 18.1. The van der Waals surface area contributed by atoms with Gasteiger partial charge in [0.05, 0.1) is 22.2 Å². The van der Waals surface area contributed by atoms with Crippen LogP contribution in [0.1, 0.15) is 27.5 Å². The highest BCUT2D eigenvalue weighted by Crippen LogP contribution is 2.26. The lowest BCUT2D eigenvalue weighted by atomic mass is 10.00. The first kappa shape index (κ1) is 24.7. The van der Waals surface area contributed by atoms with Gasteiger partial charge in [-0.05, 0) is 47.5 Å². The summed E-state index contributed by atoms with van der Waals surface area (Å²) in [6.45, 7) is 0. The third kappa shape index (κ3) is 5.82. The summed E-state index contributed by atoms with van der Waals surface area (Å²) in [5, 5.41) is 2.28. The molecule has 0 spiro atoms. The smallest absolute Gasteiger partial charge is 0.258 e. The topological polar surface area (TPSA) is 75.3 Å². The van der Waals surface area contributed by atoms with Crippen molar-refractivity contribution in [1.82, 2.24) is 4.72 Å². The van der Waals surface area contributed by atoms with Gasteiger partial charge < -0.3 is 5.32 Å². The second-order valence-corrected chi connectivity index (χ2v) is 10.2. The molecule has 0 aliphatic heterocycles. The van der Waals surface area contributed by atoms with Gasteiger partial charge in [-0.25, -0.2) is 17.2 Å². The maximum atomic E-state index is 14.5. The highest BCUT2D eigenvalue weighted by atomic mass is 79.9. The van der Waals surface area contributed by atoms with Crippen molar-refractivity contribution in [2.24, 2.45) is 0 Å². The van der Waals surface area contributed by atoms with Crippen LogP contribution in [-0.4, -0.2) is 14.3 Å². The first-order chi connectivity index (χ1) is 16.7. The van der Waals surface area contributed by atoms with Crippen molar-refractivity contribution >= 4 is 37.5 Å². The molecule has 1 amide bonds. The Bertz CT molecular complexity index is 1430. The number of rotatable bonds is 7. The lowest BCUT2D eigenvalue weighted by molar-refractivity contribution is 0.102. The third-order valence-electron chi connectivity index (χ3n) is 5.21. The quantitative estimate of drug-likeness (QED) is 0.291. The van der Waals surface area contributed by atoms with Crippen molar-refractivity contribution in [3.8, 4) is 0 Å². The average molecular weight is 557 g/mol. The van der Waals surface area contributed by atoms with Gasteiger partial charge in [0, 0.05) is 4.47 Å². The van der Waals surface area contributed by atoms with Gasteiger partial charge >= 0.3 is 0 Å². The van der Waals surface area contributed by atoms with Gasteiger partial charge in [0.1, 0.15) is 11.6 Å². The predicted octanol–water partition coefficient (Wildman–Crippen LogP) is 6.05.